The van der Waals surface area contributed by atoms with Crippen LogP contribution < -0.4 is 5.32 Å². The van der Waals surface area contributed by atoms with E-state index in [2.05, 4.69) is 16.5 Å². The fourth-order valence-corrected chi connectivity index (χ4v) is 3.39. The molecule has 6 heteroatoms. The molecule has 2 aromatic carbocycles. The van der Waals surface area contributed by atoms with Crippen molar-refractivity contribution in [2.24, 2.45) is 0 Å². The summed E-state index contributed by atoms with van der Waals surface area (Å²) in [5.41, 5.74) is 5.36. The molecule has 1 N–H and O–H groups in total. The zero-order valence-corrected chi connectivity index (χ0v) is 17.2. The Kier molecular flexibility index (Phi) is 5.75. The van der Waals surface area contributed by atoms with Crippen molar-refractivity contribution in [3.05, 3.63) is 89.9 Å². The molecule has 1 amide bonds. The van der Waals surface area contributed by atoms with Crippen molar-refractivity contribution in [2.75, 3.05) is 6.54 Å². The number of amides is 1. The summed E-state index contributed by atoms with van der Waals surface area (Å²) in [7, 11) is 0. The molecule has 2 aromatic heterocycles. The van der Waals surface area contributed by atoms with E-state index in [1.54, 1.807) is 10.9 Å². The van der Waals surface area contributed by atoms with Crippen molar-refractivity contribution in [1.29, 1.82) is 0 Å². The Morgan fingerprint density at radius 2 is 1.83 bits per heavy atom. The molecule has 0 bridgehead atoms. The summed E-state index contributed by atoms with van der Waals surface area (Å²) in [5, 5.41) is 12.0. The molecule has 0 spiro atoms. The Labute approximate surface area is 176 Å². The monoisotopic (exact) mass is 399 g/mol. The SMILES string of the molecule is Cc1cccc(-c2nn(-c3ccccc3)cc2C(=O)NCCCn2cc(C)cn2)c1. The van der Waals surface area contributed by atoms with Crippen LogP contribution in [0, 0.1) is 13.8 Å². The minimum atomic E-state index is -0.120. The Balaban J connectivity index is 1.54. The predicted molar refractivity (Wildman–Crippen MR) is 118 cm³/mol. The number of benzene rings is 2. The fourth-order valence-electron chi connectivity index (χ4n) is 3.39. The molecule has 0 atom stereocenters. The van der Waals surface area contributed by atoms with Crippen LogP contribution in [-0.4, -0.2) is 32.0 Å². The lowest BCUT2D eigenvalue weighted by Crippen LogP contribution is -2.25. The van der Waals surface area contributed by atoms with Crippen LogP contribution in [0.4, 0.5) is 0 Å². The third-order valence-corrected chi connectivity index (χ3v) is 4.88. The van der Waals surface area contributed by atoms with Gasteiger partial charge in [-0.25, -0.2) is 4.68 Å². The molecule has 30 heavy (non-hydrogen) atoms. The van der Waals surface area contributed by atoms with Gasteiger partial charge in [-0.05, 0) is 44.0 Å². The minimum Gasteiger partial charge on any atom is -0.352 e. The normalized spacial score (nSPS) is 10.9. The van der Waals surface area contributed by atoms with Gasteiger partial charge in [-0.3, -0.25) is 9.48 Å². The second-order valence-corrected chi connectivity index (χ2v) is 7.43. The van der Waals surface area contributed by atoms with E-state index >= 15 is 0 Å². The molecular weight excluding hydrogens is 374 g/mol. The van der Waals surface area contributed by atoms with Gasteiger partial charge in [0.1, 0.15) is 5.69 Å². The number of hydrogen-bond acceptors (Lipinski definition) is 3. The summed E-state index contributed by atoms with van der Waals surface area (Å²) >= 11 is 0. The fraction of sp³-hybridized carbons (Fsp3) is 0.208. The van der Waals surface area contributed by atoms with E-state index in [-0.39, 0.29) is 5.91 Å². The number of carbonyl (C=O) groups is 1. The third-order valence-electron chi connectivity index (χ3n) is 4.88. The van der Waals surface area contributed by atoms with Gasteiger partial charge in [0.25, 0.3) is 5.91 Å². The standard InChI is InChI=1S/C24H25N5O/c1-18-8-6-9-20(14-18)23-22(17-29(27-23)21-10-4-3-5-11-21)24(30)25-12-7-13-28-16-19(2)15-26-28/h3-6,8-11,14-17H,7,12-13H2,1-2H3,(H,25,30). The highest BCUT2D eigenvalue weighted by Crippen LogP contribution is 2.24. The van der Waals surface area contributed by atoms with E-state index in [4.69, 9.17) is 5.10 Å². The van der Waals surface area contributed by atoms with Gasteiger partial charge in [-0.2, -0.15) is 10.2 Å². The zero-order chi connectivity index (χ0) is 20.9. The Hall–Kier alpha value is -3.67. The summed E-state index contributed by atoms with van der Waals surface area (Å²) in [6.45, 7) is 5.39. The second-order valence-electron chi connectivity index (χ2n) is 7.43. The van der Waals surface area contributed by atoms with E-state index in [1.165, 1.54) is 0 Å². The number of rotatable bonds is 7. The van der Waals surface area contributed by atoms with Crippen LogP contribution >= 0.6 is 0 Å². The maximum Gasteiger partial charge on any atom is 0.255 e. The number of hydrogen-bond donors (Lipinski definition) is 1. The van der Waals surface area contributed by atoms with Gasteiger partial charge in [0, 0.05) is 31.0 Å². The number of nitrogens with zero attached hydrogens (tertiary/aromatic N) is 4. The van der Waals surface area contributed by atoms with Crippen molar-refractivity contribution in [1.82, 2.24) is 24.9 Å². The van der Waals surface area contributed by atoms with Crippen LogP contribution in [0.2, 0.25) is 0 Å². The van der Waals surface area contributed by atoms with Gasteiger partial charge in [-0.15, -0.1) is 0 Å². The lowest BCUT2D eigenvalue weighted by atomic mass is 10.1. The van der Waals surface area contributed by atoms with Crippen molar-refractivity contribution in [2.45, 2.75) is 26.8 Å². The highest BCUT2D eigenvalue weighted by molar-refractivity contribution is 6.00. The Bertz CT molecular complexity index is 1140. The molecule has 0 radical (unpaired) electrons. The molecule has 2 heterocycles. The molecular formula is C24H25N5O. The van der Waals surface area contributed by atoms with Gasteiger partial charge in [0.2, 0.25) is 0 Å². The minimum absolute atomic E-state index is 0.120. The Morgan fingerprint density at radius 1 is 1.00 bits per heavy atom. The Morgan fingerprint density at radius 3 is 2.57 bits per heavy atom. The first-order chi connectivity index (χ1) is 14.6. The molecule has 0 unspecified atom stereocenters. The van der Waals surface area contributed by atoms with Gasteiger partial charge in [0.15, 0.2) is 0 Å². The molecule has 0 aliphatic rings. The van der Waals surface area contributed by atoms with Crippen LogP contribution in [0.15, 0.2) is 73.2 Å². The van der Waals surface area contributed by atoms with E-state index in [1.807, 2.05) is 79.5 Å². The highest BCUT2D eigenvalue weighted by atomic mass is 16.1. The maximum absolute atomic E-state index is 13.0. The van der Waals surface area contributed by atoms with Crippen molar-refractivity contribution in [3.8, 4) is 16.9 Å². The van der Waals surface area contributed by atoms with Crippen molar-refractivity contribution < 1.29 is 4.79 Å². The number of carbonyl (C=O) groups excluding carboxylic acids is 1. The molecule has 0 fully saturated rings. The van der Waals surface area contributed by atoms with Gasteiger partial charge < -0.3 is 5.32 Å². The largest absolute Gasteiger partial charge is 0.352 e. The first-order valence-corrected chi connectivity index (χ1v) is 10.1. The number of aromatic nitrogens is 4. The molecule has 4 rings (SSSR count). The second kappa shape index (κ2) is 8.78. The average molecular weight is 399 g/mol. The van der Waals surface area contributed by atoms with Gasteiger partial charge in [0.05, 0.1) is 17.4 Å². The van der Waals surface area contributed by atoms with Gasteiger partial charge in [-0.1, -0.05) is 42.0 Å². The molecule has 4 aromatic rings. The molecule has 0 saturated heterocycles. The van der Waals surface area contributed by atoms with Crippen molar-refractivity contribution >= 4 is 5.91 Å². The lowest BCUT2D eigenvalue weighted by Gasteiger charge is -2.06. The maximum atomic E-state index is 13.0. The topological polar surface area (TPSA) is 64.7 Å². The van der Waals surface area contributed by atoms with Crippen LogP contribution in [-0.2, 0) is 6.54 Å². The smallest absolute Gasteiger partial charge is 0.255 e. The molecule has 6 nitrogen and oxygen atoms in total. The van der Waals surface area contributed by atoms with Crippen molar-refractivity contribution in [3.63, 3.8) is 0 Å². The van der Waals surface area contributed by atoms with E-state index in [0.717, 1.165) is 35.3 Å². The highest BCUT2D eigenvalue weighted by Gasteiger charge is 2.18. The molecule has 0 aliphatic heterocycles. The summed E-state index contributed by atoms with van der Waals surface area (Å²) in [5.74, 6) is -0.120. The summed E-state index contributed by atoms with van der Waals surface area (Å²) in [4.78, 5) is 13.0. The van der Waals surface area contributed by atoms with Crippen LogP contribution in [0.3, 0.4) is 0 Å². The third kappa shape index (κ3) is 4.49. The summed E-state index contributed by atoms with van der Waals surface area (Å²) in [6.07, 6.45) is 6.45. The molecule has 0 saturated carbocycles. The number of aryl methyl sites for hydroxylation is 3. The average Bonchev–Trinajstić information content (AvgIpc) is 3.38. The van der Waals surface area contributed by atoms with Crippen LogP contribution in [0.5, 0.6) is 0 Å². The number of para-hydroxylation sites is 1. The first-order valence-electron chi connectivity index (χ1n) is 10.1. The van der Waals surface area contributed by atoms with E-state index in [9.17, 15) is 4.79 Å². The summed E-state index contributed by atoms with van der Waals surface area (Å²) in [6, 6.07) is 17.9. The first kappa shape index (κ1) is 19.6. The van der Waals surface area contributed by atoms with Crippen LogP contribution in [0.25, 0.3) is 16.9 Å². The molecule has 152 valence electrons. The zero-order valence-electron chi connectivity index (χ0n) is 17.2. The van der Waals surface area contributed by atoms with E-state index in [0.29, 0.717) is 17.8 Å². The lowest BCUT2D eigenvalue weighted by molar-refractivity contribution is 0.0953. The van der Waals surface area contributed by atoms with Crippen LogP contribution in [0.1, 0.15) is 27.9 Å². The number of nitrogens with one attached hydrogen (secondary N) is 1. The quantitative estimate of drug-likeness (QED) is 0.474. The summed E-state index contributed by atoms with van der Waals surface area (Å²) < 4.78 is 3.66. The van der Waals surface area contributed by atoms with Gasteiger partial charge >= 0.3 is 0 Å². The predicted octanol–water partition coefficient (Wildman–Crippen LogP) is 4.17. The molecule has 0 aliphatic carbocycles. The van der Waals surface area contributed by atoms with E-state index < -0.39 is 0 Å².